The quantitative estimate of drug-likeness (QED) is 0.347. The summed E-state index contributed by atoms with van der Waals surface area (Å²) in [6, 6.07) is 25.3. The lowest BCUT2D eigenvalue weighted by Crippen LogP contribution is -2.48. The molecular formula is C22H14Br2N2O2. The summed E-state index contributed by atoms with van der Waals surface area (Å²) < 4.78 is -1.36. The van der Waals surface area contributed by atoms with Gasteiger partial charge in [-0.15, -0.1) is 0 Å². The molecule has 1 heterocycles. The number of nitrogens with zero attached hydrogens (tertiary/aromatic N) is 2. The minimum absolute atomic E-state index is 0.411. The highest BCUT2D eigenvalue weighted by Gasteiger charge is 2.47. The van der Waals surface area contributed by atoms with Gasteiger partial charge < -0.3 is 0 Å². The second kappa shape index (κ2) is 7.45. The monoisotopic (exact) mass is 496 g/mol. The molecule has 3 aromatic carbocycles. The zero-order chi connectivity index (χ0) is 19.7. The average Bonchev–Trinajstić information content (AvgIpc) is 2.82. The lowest BCUT2D eigenvalue weighted by Gasteiger charge is -2.27. The molecule has 0 N–H and O–H groups in total. The number of carbonyl (C=O) groups is 2. The Labute approximate surface area is 179 Å². The van der Waals surface area contributed by atoms with E-state index >= 15 is 0 Å². The fraction of sp³-hybridized carbons (Fsp3) is 0.0455. The summed E-state index contributed by atoms with van der Waals surface area (Å²) in [6.45, 7) is 0. The van der Waals surface area contributed by atoms with E-state index in [1.165, 1.54) is 4.90 Å². The molecule has 28 heavy (non-hydrogen) atoms. The molecule has 4 nitrogen and oxygen atoms in total. The Morgan fingerprint density at radius 2 is 1.39 bits per heavy atom. The number of fused-ring (bicyclic) bond motifs is 1. The van der Waals surface area contributed by atoms with E-state index in [0.29, 0.717) is 22.6 Å². The summed E-state index contributed by atoms with van der Waals surface area (Å²) in [5, 5.41) is 0. The molecule has 6 heteroatoms. The highest BCUT2D eigenvalue weighted by Crippen LogP contribution is 2.42. The zero-order valence-corrected chi connectivity index (χ0v) is 17.7. The van der Waals surface area contributed by atoms with Gasteiger partial charge in [-0.25, -0.2) is 9.89 Å². The van der Waals surface area contributed by atoms with E-state index in [-0.39, 0.29) is 0 Å². The molecule has 0 spiro atoms. The Bertz CT molecular complexity index is 1080. The van der Waals surface area contributed by atoms with Crippen LogP contribution in [0.5, 0.6) is 0 Å². The lowest BCUT2D eigenvalue weighted by molar-refractivity contribution is -0.116. The van der Waals surface area contributed by atoms with Crippen molar-refractivity contribution in [3.05, 3.63) is 96.1 Å². The maximum absolute atomic E-state index is 13.6. The third-order valence-corrected chi connectivity index (χ3v) is 5.82. The van der Waals surface area contributed by atoms with Gasteiger partial charge in [0, 0.05) is 5.56 Å². The van der Waals surface area contributed by atoms with Crippen molar-refractivity contribution in [2.75, 3.05) is 4.90 Å². The largest absolute Gasteiger partial charge is 0.271 e. The molecule has 138 valence electrons. The van der Waals surface area contributed by atoms with Crippen molar-refractivity contribution in [1.29, 1.82) is 0 Å². The molecule has 0 saturated heterocycles. The van der Waals surface area contributed by atoms with Crippen molar-refractivity contribution < 1.29 is 9.59 Å². The molecule has 0 atom stereocenters. The third kappa shape index (κ3) is 3.23. The fourth-order valence-corrected chi connectivity index (χ4v) is 4.03. The first-order valence-electron chi connectivity index (χ1n) is 8.55. The van der Waals surface area contributed by atoms with E-state index < -0.39 is 15.0 Å². The molecule has 0 aliphatic carbocycles. The third-order valence-electron chi connectivity index (χ3n) is 4.40. The second-order valence-electron chi connectivity index (χ2n) is 6.20. The number of hydrogen-bond donors (Lipinski definition) is 0. The van der Waals surface area contributed by atoms with Crippen LogP contribution >= 0.6 is 31.9 Å². The first-order chi connectivity index (χ1) is 13.5. The van der Waals surface area contributed by atoms with Gasteiger partial charge in [0.25, 0.3) is 11.8 Å². The number of amides is 2. The number of imide groups is 1. The van der Waals surface area contributed by atoms with Crippen LogP contribution in [0.15, 0.2) is 89.9 Å². The number of anilines is 1. The van der Waals surface area contributed by atoms with Crippen LogP contribution in [-0.4, -0.2) is 20.8 Å². The van der Waals surface area contributed by atoms with Gasteiger partial charge in [-0.2, -0.15) is 0 Å². The maximum atomic E-state index is 13.6. The number of aliphatic imine (C=N–C) groups is 1. The van der Waals surface area contributed by atoms with Crippen molar-refractivity contribution in [2.24, 2.45) is 4.99 Å². The van der Waals surface area contributed by atoms with Gasteiger partial charge in [0.2, 0.25) is 3.23 Å². The summed E-state index contributed by atoms with van der Waals surface area (Å²) in [7, 11) is 0. The van der Waals surface area contributed by atoms with E-state index in [4.69, 9.17) is 4.99 Å². The number of halogens is 2. The summed E-state index contributed by atoms with van der Waals surface area (Å²) >= 11 is 6.99. The molecule has 0 aromatic heterocycles. The van der Waals surface area contributed by atoms with E-state index in [0.717, 1.165) is 5.56 Å². The van der Waals surface area contributed by atoms with Crippen molar-refractivity contribution in [3.8, 4) is 0 Å². The van der Waals surface area contributed by atoms with E-state index in [2.05, 4.69) is 31.9 Å². The van der Waals surface area contributed by atoms with Gasteiger partial charge in [-0.05, 0) is 29.8 Å². The Morgan fingerprint density at radius 1 is 0.821 bits per heavy atom. The number of benzene rings is 3. The number of alkyl halides is 2. The van der Waals surface area contributed by atoms with E-state index in [1.807, 2.05) is 42.5 Å². The van der Waals surface area contributed by atoms with Gasteiger partial charge in [0.15, 0.2) is 0 Å². The number of rotatable bonds is 2. The summed E-state index contributed by atoms with van der Waals surface area (Å²) in [5.41, 5.74) is 2.65. The van der Waals surface area contributed by atoms with Crippen molar-refractivity contribution >= 4 is 60.8 Å². The Kier molecular flexibility index (Phi) is 5.00. The first kappa shape index (κ1) is 18.8. The van der Waals surface area contributed by atoms with Gasteiger partial charge in [0.05, 0.1) is 17.1 Å². The van der Waals surface area contributed by atoms with Crippen LogP contribution < -0.4 is 4.90 Å². The van der Waals surface area contributed by atoms with Gasteiger partial charge in [0.1, 0.15) is 0 Å². The number of para-hydroxylation sites is 2. The SMILES string of the molecule is O=C(c1ccccc1)N1C(=O)C(Br)(Br)C(c2ccccc2)=Nc2ccccc21. The van der Waals surface area contributed by atoms with Gasteiger partial charge in [-0.1, -0.05) is 92.5 Å². The molecule has 1 aliphatic heterocycles. The minimum Gasteiger partial charge on any atom is -0.271 e. The van der Waals surface area contributed by atoms with E-state index in [1.54, 1.807) is 42.5 Å². The van der Waals surface area contributed by atoms with Crippen molar-refractivity contribution in [2.45, 2.75) is 3.23 Å². The molecule has 2 amide bonds. The molecule has 0 fully saturated rings. The van der Waals surface area contributed by atoms with E-state index in [9.17, 15) is 9.59 Å². The van der Waals surface area contributed by atoms with Crippen LogP contribution in [0.4, 0.5) is 11.4 Å². The molecule has 4 rings (SSSR count). The Hall–Kier alpha value is -2.57. The van der Waals surface area contributed by atoms with Crippen LogP contribution in [0.2, 0.25) is 0 Å². The van der Waals surface area contributed by atoms with Crippen molar-refractivity contribution in [3.63, 3.8) is 0 Å². The number of carbonyl (C=O) groups excluding carboxylic acids is 2. The van der Waals surface area contributed by atoms with Crippen LogP contribution in [0.1, 0.15) is 15.9 Å². The van der Waals surface area contributed by atoms with Crippen LogP contribution in [-0.2, 0) is 4.79 Å². The normalized spacial score (nSPS) is 15.4. The van der Waals surface area contributed by atoms with Crippen LogP contribution in [0.3, 0.4) is 0 Å². The molecular weight excluding hydrogens is 484 g/mol. The highest BCUT2D eigenvalue weighted by atomic mass is 79.9. The fourth-order valence-electron chi connectivity index (χ4n) is 3.04. The highest BCUT2D eigenvalue weighted by molar-refractivity contribution is 9.26. The lowest BCUT2D eigenvalue weighted by atomic mass is 10.1. The predicted octanol–water partition coefficient (Wildman–Crippen LogP) is 5.48. The number of hydrogen-bond acceptors (Lipinski definition) is 3. The zero-order valence-electron chi connectivity index (χ0n) is 14.5. The summed E-state index contributed by atoms with van der Waals surface area (Å²) in [5.74, 6) is -0.875. The molecule has 0 radical (unpaired) electrons. The minimum atomic E-state index is -1.36. The molecule has 1 aliphatic rings. The van der Waals surface area contributed by atoms with Crippen LogP contribution in [0.25, 0.3) is 0 Å². The van der Waals surface area contributed by atoms with Gasteiger partial charge >= 0.3 is 0 Å². The first-order valence-corrected chi connectivity index (χ1v) is 10.1. The summed E-state index contributed by atoms with van der Waals surface area (Å²) in [4.78, 5) is 32.7. The molecule has 0 bridgehead atoms. The maximum Gasteiger partial charge on any atom is 0.268 e. The molecule has 3 aromatic rings. The topological polar surface area (TPSA) is 49.7 Å². The molecule has 0 unspecified atom stereocenters. The Balaban J connectivity index is 1.92. The van der Waals surface area contributed by atoms with Crippen molar-refractivity contribution in [1.82, 2.24) is 0 Å². The predicted molar refractivity (Wildman–Crippen MR) is 118 cm³/mol. The van der Waals surface area contributed by atoms with Gasteiger partial charge in [-0.3, -0.25) is 9.59 Å². The average molecular weight is 498 g/mol. The van der Waals surface area contributed by atoms with Crippen LogP contribution in [0, 0.1) is 0 Å². The molecule has 0 saturated carbocycles. The second-order valence-corrected chi connectivity index (χ2v) is 9.64. The summed E-state index contributed by atoms with van der Waals surface area (Å²) in [6.07, 6.45) is 0. The Morgan fingerprint density at radius 3 is 2.07 bits per heavy atom. The smallest absolute Gasteiger partial charge is 0.268 e. The standard InChI is InChI=1S/C22H14Br2N2O2/c23-22(24)19(15-9-3-1-4-10-15)25-17-13-7-8-14-18(17)26(21(22)28)20(27)16-11-5-2-6-12-16/h1-14H.